The number of hydrogen-bond acceptors (Lipinski definition) is 5. The van der Waals surface area contributed by atoms with Gasteiger partial charge in [0, 0.05) is 18.0 Å². The smallest absolute Gasteiger partial charge is 0.414 e. The monoisotopic (exact) mass is 429 g/mol. The van der Waals surface area contributed by atoms with Gasteiger partial charge in [0.25, 0.3) is 0 Å². The molecule has 6 nitrogen and oxygen atoms in total. The van der Waals surface area contributed by atoms with Gasteiger partial charge in [0.15, 0.2) is 0 Å². The van der Waals surface area contributed by atoms with Crippen molar-refractivity contribution in [2.75, 3.05) is 25.2 Å². The summed E-state index contributed by atoms with van der Waals surface area (Å²) in [6.07, 6.45) is 0.826. The second-order valence-electron chi connectivity index (χ2n) is 8.04. The normalized spacial score (nSPS) is 14.3. The zero-order valence-electron chi connectivity index (χ0n) is 17.7. The third-order valence-corrected chi connectivity index (χ3v) is 6.28. The number of methoxy groups -OCH3 is 1. The molecule has 0 spiro atoms. The van der Waals surface area contributed by atoms with Crippen LogP contribution in [-0.2, 0) is 15.9 Å². The highest BCUT2D eigenvalue weighted by Crippen LogP contribution is 2.44. The molecule has 162 valence electrons. The van der Waals surface area contributed by atoms with Crippen molar-refractivity contribution in [3.8, 4) is 16.9 Å². The van der Waals surface area contributed by atoms with E-state index in [2.05, 4.69) is 24.3 Å². The number of rotatable bonds is 3. The predicted molar refractivity (Wildman–Crippen MR) is 120 cm³/mol. The first kappa shape index (κ1) is 20.1. The van der Waals surface area contributed by atoms with Gasteiger partial charge in [0.2, 0.25) is 0 Å². The van der Waals surface area contributed by atoms with Crippen LogP contribution in [0.4, 0.5) is 10.5 Å². The van der Waals surface area contributed by atoms with E-state index >= 15 is 0 Å². The molecule has 6 heteroatoms. The molecule has 32 heavy (non-hydrogen) atoms. The van der Waals surface area contributed by atoms with E-state index in [1.165, 1.54) is 29.2 Å². The summed E-state index contributed by atoms with van der Waals surface area (Å²) < 4.78 is 10.6. The number of amides is 1. The summed E-state index contributed by atoms with van der Waals surface area (Å²) in [5.74, 6) is -0.620. The average molecular weight is 429 g/mol. The van der Waals surface area contributed by atoms with Crippen LogP contribution < -0.4 is 4.90 Å². The largest absolute Gasteiger partial charge is 0.508 e. The molecule has 1 aliphatic heterocycles. The number of ether oxygens (including phenoxy) is 2. The lowest BCUT2D eigenvalue weighted by Gasteiger charge is -2.30. The van der Waals surface area contributed by atoms with Crippen LogP contribution in [0.15, 0.2) is 60.7 Å². The number of anilines is 1. The number of esters is 1. The van der Waals surface area contributed by atoms with Gasteiger partial charge >= 0.3 is 12.1 Å². The molecule has 1 N–H and O–H groups in total. The number of phenols is 1. The minimum atomic E-state index is -0.568. The zero-order valence-corrected chi connectivity index (χ0v) is 17.7. The Hall–Kier alpha value is -3.80. The molecule has 1 aliphatic carbocycles. The molecule has 3 aromatic carbocycles. The Morgan fingerprint density at radius 2 is 1.69 bits per heavy atom. The number of aromatic hydroxyl groups is 1. The molecule has 0 unspecified atom stereocenters. The molecule has 5 rings (SSSR count). The van der Waals surface area contributed by atoms with Crippen molar-refractivity contribution in [2.24, 2.45) is 0 Å². The van der Waals surface area contributed by atoms with E-state index in [-0.39, 0.29) is 23.8 Å². The molecule has 0 radical (unpaired) electrons. The Morgan fingerprint density at radius 1 is 1.03 bits per heavy atom. The maximum Gasteiger partial charge on any atom is 0.414 e. The van der Waals surface area contributed by atoms with Gasteiger partial charge in [0.1, 0.15) is 12.4 Å². The van der Waals surface area contributed by atoms with Crippen molar-refractivity contribution in [1.82, 2.24) is 0 Å². The quantitative estimate of drug-likeness (QED) is 0.601. The highest BCUT2D eigenvalue weighted by molar-refractivity contribution is 5.95. The molecule has 1 heterocycles. The molecular weight excluding hydrogens is 406 g/mol. The molecule has 0 saturated carbocycles. The first-order valence-electron chi connectivity index (χ1n) is 10.6. The maximum atomic E-state index is 13.1. The third kappa shape index (κ3) is 3.28. The van der Waals surface area contributed by atoms with Gasteiger partial charge in [-0.1, -0.05) is 48.5 Å². The van der Waals surface area contributed by atoms with Gasteiger partial charge in [-0.15, -0.1) is 0 Å². The minimum Gasteiger partial charge on any atom is -0.508 e. The molecule has 1 amide bonds. The van der Waals surface area contributed by atoms with Crippen LogP contribution in [0.25, 0.3) is 11.1 Å². The van der Waals surface area contributed by atoms with Crippen LogP contribution in [0.5, 0.6) is 5.75 Å². The molecule has 3 aromatic rings. The van der Waals surface area contributed by atoms with Crippen molar-refractivity contribution in [2.45, 2.75) is 18.8 Å². The lowest BCUT2D eigenvalue weighted by molar-refractivity contribution is 0.0600. The summed E-state index contributed by atoms with van der Waals surface area (Å²) in [6.45, 7) is 0.662. The highest BCUT2D eigenvalue weighted by atomic mass is 16.6. The zero-order chi connectivity index (χ0) is 22.2. The van der Waals surface area contributed by atoms with Crippen LogP contribution in [0.1, 0.15) is 39.4 Å². The summed E-state index contributed by atoms with van der Waals surface area (Å²) >= 11 is 0. The number of hydrogen-bond donors (Lipinski definition) is 1. The van der Waals surface area contributed by atoms with Crippen LogP contribution in [0, 0.1) is 0 Å². The fourth-order valence-corrected chi connectivity index (χ4v) is 4.77. The molecule has 0 bridgehead atoms. The lowest BCUT2D eigenvalue weighted by Crippen LogP contribution is -2.36. The molecule has 0 atom stereocenters. The van der Waals surface area contributed by atoms with E-state index in [9.17, 15) is 14.7 Å². The van der Waals surface area contributed by atoms with Crippen LogP contribution >= 0.6 is 0 Å². The summed E-state index contributed by atoms with van der Waals surface area (Å²) in [5.41, 5.74) is 5.95. The second kappa shape index (κ2) is 8.04. The Morgan fingerprint density at radius 3 is 2.34 bits per heavy atom. The number of benzene rings is 3. The second-order valence-corrected chi connectivity index (χ2v) is 8.04. The number of fused-ring (bicyclic) bond motifs is 4. The van der Waals surface area contributed by atoms with E-state index in [0.717, 1.165) is 11.1 Å². The first-order valence-corrected chi connectivity index (χ1v) is 10.6. The number of nitrogens with zero attached hydrogens (tertiary/aromatic N) is 1. The molecule has 0 aromatic heterocycles. The number of phenolic OH excluding ortho intramolecular Hbond substituents is 1. The summed E-state index contributed by atoms with van der Waals surface area (Å²) in [7, 11) is 1.28. The van der Waals surface area contributed by atoms with Crippen molar-refractivity contribution >= 4 is 17.7 Å². The van der Waals surface area contributed by atoms with Gasteiger partial charge < -0.3 is 14.6 Å². The fraction of sp³-hybridized carbons (Fsp3) is 0.231. The van der Waals surface area contributed by atoms with Crippen molar-refractivity contribution < 1.29 is 24.2 Å². The summed E-state index contributed by atoms with van der Waals surface area (Å²) in [6, 6.07) is 19.3. The first-order chi connectivity index (χ1) is 15.6. The average Bonchev–Trinajstić information content (AvgIpc) is 3.15. The van der Waals surface area contributed by atoms with E-state index in [1.54, 1.807) is 6.07 Å². The van der Waals surface area contributed by atoms with E-state index < -0.39 is 12.1 Å². The molecule has 0 fully saturated rings. The van der Waals surface area contributed by atoms with Crippen molar-refractivity contribution in [3.63, 3.8) is 0 Å². The maximum absolute atomic E-state index is 13.1. The summed E-state index contributed by atoms with van der Waals surface area (Å²) in [4.78, 5) is 26.6. The Labute approximate surface area is 186 Å². The van der Waals surface area contributed by atoms with Crippen LogP contribution in [0.2, 0.25) is 0 Å². The minimum absolute atomic E-state index is 0.0148. The van der Waals surface area contributed by atoms with Gasteiger partial charge in [-0.05, 0) is 47.2 Å². The van der Waals surface area contributed by atoms with Gasteiger partial charge in [-0.3, -0.25) is 4.90 Å². The van der Waals surface area contributed by atoms with E-state index in [1.807, 2.05) is 24.3 Å². The Bertz CT molecular complexity index is 1170. The molecule has 0 saturated heterocycles. The fourth-order valence-electron chi connectivity index (χ4n) is 4.77. The predicted octanol–water partition coefficient (Wildman–Crippen LogP) is 4.88. The Balaban J connectivity index is 1.41. The van der Waals surface area contributed by atoms with Crippen molar-refractivity contribution in [1.29, 1.82) is 0 Å². The van der Waals surface area contributed by atoms with Crippen molar-refractivity contribution in [3.05, 3.63) is 82.9 Å². The number of carbonyl (C=O) groups excluding carboxylic acids is 2. The SMILES string of the molecule is COC(=O)c1cc(O)c2c(c1)N(C(=O)OCC1c3ccccc3-c3ccccc31)CCC2. The van der Waals surface area contributed by atoms with Crippen LogP contribution in [-0.4, -0.2) is 37.4 Å². The highest BCUT2D eigenvalue weighted by Gasteiger charge is 2.31. The number of carbonyl (C=O) groups is 2. The lowest BCUT2D eigenvalue weighted by atomic mass is 9.98. The van der Waals surface area contributed by atoms with Gasteiger partial charge in [0.05, 0.1) is 18.4 Å². The molecular formula is C26H23NO5. The Kier molecular flexibility index (Phi) is 5.05. The topological polar surface area (TPSA) is 76.1 Å². The van der Waals surface area contributed by atoms with Gasteiger partial charge in [-0.25, -0.2) is 9.59 Å². The molecule has 2 aliphatic rings. The van der Waals surface area contributed by atoms with E-state index in [4.69, 9.17) is 9.47 Å². The van der Waals surface area contributed by atoms with Gasteiger partial charge in [-0.2, -0.15) is 0 Å². The summed E-state index contributed by atoms with van der Waals surface area (Å²) in [5, 5.41) is 10.4. The third-order valence-electron chi connectivity index (χ3n) is 6.28. The standard InChI is InChI=1S/C26H23NO5/c1-31-25(29)16-13-23-21(24(28)14-16)11-6-12-27(23)26(30)32-15-22-19-9-4-2-7-17(19)18-8-3-5-10-20(18)22/h2-5,7-10,13-14,22,28H,6,11-12,15H2,1H3. The van der Waals surface area contributed by atoms with Crippen LogP contribution in [0.3, 0.4) is 0 Å². The van der Waals surface area contributed by atoms with E-state index in [0.29, 0.717) is 30.6 Å².